The first kappa shape index (κ1) is 6.44. The molecule has 6 N–H and O–H groups in total. The minimum absolute atomic E-state index is 0.324. The van der Waals surface area contributed by atoms with Gasteiger partial charge in [-0.1, -0.05) is 11.8 Å². The van der Waals surface area contributed by atoms with Crippen LogP contribution in [0.3, 0.4) is 0 Å². The van der Waals surface area contributed by atoms with Crippen LogP contribution in [0.25, 0.3) is 0 Å². The summed E-state index contributed by atoms with van der Waals surface area (Å²) in [6, 6.07) is 0. The lowest BCUT2D eigenvalue weighted by Crippen LogP contribution is -2.28. The fourth-order valence-corrected chi connectivity index (χ4v) is 0.177. The Hall–Kier alpha value is -0.560. The first-order valence-corrected chi connectivity index (χ1v) is 1.97. The fourth-order valence-electron chi connectivity index (χ4n) is 0.177. The first-order chi connectivity index (χ1) is 3.27. The summed E-state index contributed by atoms with van der Waals surface area (Å²) in [5.41, 5.74) is 15.0. The quantitative estimate of drug-likeness (QED) is 0.247. The van der Waals surface area contributed by atoms with Crippen molar-refractivity contribution in [3.8, 4) is 11.8 Å². The molecule has 0 aromatic carbocycles. The fraction of sp³-hybridized carbons (Fsp3) is 0.500. The molecule has 3 heteroatoms. The van der Waals surface area contributed by atoms with Crippen molar-refractivity contribution in [2.45, 2.75) is 6.17 Å². The molecule has 0 aromatic heterocycles. The molecule has 0 aliphatic carbocycles. The molecule has 0 amide bonds. The Morgan fingerprint density at radius 3 is 2.14 bits per heavy atom. The number of nitrogens with two attached hydrogens (primary N) is 3. The molecule has 0 aliphatic heterocycles. The summed E-state index contributed by atoms with van der Waals surface area (Å²) in [6.45, 7) is 0.324. The number of hydrogen-bond acceptors (Lipinski definition) is 3. The van der Waals surface area contributed by atoms with Gasteiger partial charge in [0.2, 0.25) is 0 Å². The van der Waals surface area contributed by atoms with Gasteiger partial charge in [-0.15, -0.1) is 0 Å². The molecule has 7 heavy (non-hydrogen) atoms. The summed E-state index contributed by atoms with van der Waals surface area (Å²) < 4.78 is 0. The third-order valence-corrected chi connectivity index (χ3v) is 0.371. The van der Waals surface area contributed by atoms with Gasteiger partial charge >= 0.3 is 0 Å². The van der Waals surface area contributed by atoms with Crippen molar-refractivity contribution in [2.75, 3.05) is 6.54 Å². The molecule has 0 radical (unpaired) electrons. The second-order valence-corrected chi connectivity index (χ2v) is 1.05. The molecule has 0 unspecified atom stereocenters. The van der Waals surface area contributed by atoms with E-state index in [9.17, 15) is 0 Å². The van der Waals surface area contributed by atoms with Gasteiger partial charge in [0.05, 0.1) is 6.54 Å². The molecule has 0 saturated carbocycles. The van der Waals surface area contributed by atoms with Crippen molar-refractivity contribution in [1.29, 1.82) is 0 Å². The molecule has 0 heterocycles. The average Bonchev–Trinajstić information content (AvgIpc) is 1.61. The summed E-state index contributed by atoms with van der Waals surface area (Å²) in [5.74, 6) is 5.00. The van der Waals surface area contributed by atoms with Gasteiger partial charge in [0.15, 0.2) is 0 Å². The van der Waals surface area contributed by atoms with Gasteiger partial charge in [-0.3, -0.25) is 0 Å². The largest absolute Gasteiger partial charge is 0.320 e. The van der Waals surface area contributed by atoms with Gasteiger partial charge in [-0.25, -0.2) is 0 Å². The summed E-state index contributed by atoms with van der Waals surface area (Å²) in [4.78, 5) is 0. The molecule has 40 valence electrons. The maximum atomic E-state index is 5.03. The van der Waals surface area contributed by atoms with Crippen LogP contribution in [0.4, 0.5) is 0 Å². The predicted molar refractivity (Wildman–Crippen MR) is 29.0 cm³/mol. The molecule has 0 aromatic rings. The Kier molecular flexibility index (Phi) is 3.33. The Balaban J connectivity index is 3.24. The van der Waals surface area contributed by atoms with Crippen LogP contribution in [0, 0.1) is 11.8 Å². The van der Waals surface area contributed by atoms with E-state index in [1.165, 1.54) is 0 Å². The summed E-state index contributed by atoms with van der Waals surface area (Å²) >= 11 is 0. The summed E-state index contributed by atoms with van der Waals surface area (Å²) in [7, 11) is 0. The molecule has 0 atom stereocenters. The van der Waals surface area contributed by atoms with E-state index in [1.54, 1.807) is 0 Å². The normalized spacial score (nSPS) is 8.00. The van der Waals surface area contributed by atoms with E-state index in [2.05, 4.69) is 11.8 Å². The minimum Gasteiger partial charge on any atom is -0.320 e. The zero-order chi connectivity index (χ0) is 5.70. The highest BCUT2D eigenvalue weighted by molar-refractivity contribution is 5.04. The SMILES string of the molecule is NCC#CC(N)N. The van der Waals surface area contributed by atoms with E-state index in [0.29, 0.717) is 6.54 Å². The summed E-state index contributed by atoms with van der Waals surface area (Å²) in [6.07, 6.45) is -0.538. The van der Waals surface area contributed by atoms with Crippen molar-refractivity contribution in [3.63, 3.8) is 0 Å². The van der Waals surface area contributed by atoms with Crippen LogP contribution >= 0.6 is 0 Å². The third kappa shape index (κ3) is 5.44. The Morgan fingerprint density at radius 2 is 2.00 bits per heavy atom. The zero-order valence-electron chi connectivity index (χ0n) is 4.02. The molecule has 0 bridgehead atoms. The second kappa shape index (κ2) is 3.62. The first-order valence-electron chi connectivity index (χ1n) is 1.97. The number of hydrogen-bond donors (Lipinski definition) is 3. The molecular weight excluding hydrogens is 90.1 g/mol. The topological polar surface area (TPSA) is 78.1 Å². The van der Waals surface area contributed by atoms with Crippen molar-refractivity contribution >= 4 is 0 Å². The van der Waals surface area contributed by atoms with Crippen LogP contribution in [0.5, 0.6) is 0 Å². The molecule has 3 nitrogen and oxygen atoms in total. The smallest absolute Gasteiger partial charge is 0.116 e. The van der Waals surface area contributed by atoms with E-state index >= 15 is 0 Å². The minimum atomic E-state index is -0.538. The Morgan fingerprint density at radius 1 is 1.43 bits per heavy atom. The van der Waals surface area contributed by atoms with Crippen LogP contribution in [0.1, 0.15) is 0 Å². The van der Waals surface area contributed by atoms with Crippen LogP contribution in [-0.4, -0.2) is 12.7 Å². The van der Waals surface area contributed by atoms with Gasteiger partial charge in [0.1, 0.15) is 6.17 Å². The summed E-state index contributed by atoms with van der Waals surface area (Å²) in [5, 5.41) is 0. The van der Waals surface area contributed by atoms with Gasteiger partial charge in [-0.05, 0) is 0 Å². The predicted octanol–water partition coefficient (Wildman–Crippen LogP) is -1.81. The van der Waals surface area contributed by atoms with Crippen molar-refractivity contribution in [3.05, 3.63) is 0 Å². The second-order valence-electron chi connectivity index (χ2n) is 1.05. The van der Waals surface area contributed by atoms with Crippen LogP contribution < -0.4 is 17.2 Å². The molecule has 0 fully saturated rings. The van der Waals surface area contributed by atoms with E-state index in [4.69, 9.17) is 17.2 Å². The Labute approximate surface area is 42.9 Å². The van der Waals surface area contributed by atoms with E-state index < -0.39 is 6.17 Å². The van der Waals surface area contributed by atoms with Crippen LogP contribution in [-0.2, 0) is 0 Å². The lowest BCUT2D eigenvalue weighted by Gasteiger charge is -1.86. The van der Waals surface area contributed by atoms with E-state index in [-0.39, 0.29) is 0 Å². The maximum absolute atomic E-state index is 5.03. The van der Waals surface area contributed by atoms with Gasteiger partial charge < -0.3 is 17.2 Å². The average molecular weight is 99.1 g/mol. The highest BCUT2D eigenvalue weighted by Gasteiger charge is 1.76. The van der Waals surface area contributed by atoms with Gasteiger partial charge in [0.25, 0.3) is 0 Å². The van der Waals surface area contributed by atoms with E-state index in [0.717, 1.165) is 0 Å². The van der Waals surface area contributed by atoms with E-state index in [1.807, 2.05) is 0 Å². The standard InChI is InChI=1S/C4H9N3/c5-3-1-2-4(6)7/h4H,3,5-7H2. The molecule has 0 saturated heterocycles. The molecule has 0 aliphatic rings. The van der Waals surface area contributed by atoms with Crippen LogP contribution in [0.15, 0.2) is 0 Å². The van der Waals surface area contributed by atoms with Gasteiger partial charge in [-0.2, -0.15) is 0 Å². The van der Waals surface area contributed by atoms with Crippen LogP contribution in [0.2, 0.25) is 0 Å². The highest BCUT2D eigenvalue weighted by atomic mass is 14.8. The zero-order valence-corrected chi connectivity index (χ0v) is 4.02. The monoisotopic (exact) mass is 99.1 g/mol. The third-order valence-electron chi connectivity index (χ3n) is 0.371. The van der Waals surface area contributed by atoms with Gasteiger partial charge in [0, 0.05) is 0 Å². The lowest BCUT2D eigenvalue weighted by atomic mass is 10.5. The maximum Gasteiger partial charge on any atom is 0.116 e. The highest BCUT2D eigenvalue weighted by Crippen LogP contribution is 1.52. The lowest BCUT2D eigenvalue weighted by molar-refractivity contribution is 0.905. The molecular formula is C4H9N3. The molecule has 0 rings (SSSR count). The van der Waals surface area contributed by atoms with Crippen molar-refractivity contribution < 1.29 is 0 Å². The number of rotatable bonds is 0. The Bertz CT molecular complexity index is 86.8. The van der Waals surface area contributed by atoms with Crippen molar-refractivity contribution in [2.24, 2.45) is 17.2 Å². The molecule has 0 spiro atoms. The van der Waals surface area contributed by atoms with Crippen molar-refractivity contribution in [1.82, 2.24) is 0 Å².